The first-order chi connectivity index (χ1) is 48.8. The lowest BCUT2D eigenvalue weighted by Gasteiger charge is -2.21. The van der Waals surface area contributed by atoms with Crippen molar-refractivity contribution >= 4 is 39.5 Å². The smallest absolute Gasteiger partial charge is 0.462 e. The Morgan fingerprint density at radius 3 is 0.752 bits per heavy atom. The highest BCUT2D eigenvalue weighted by Gasteiger charge is 2.30. The highest BCUT2D eigenvalue weighted by Crippen LogP contribution is 2.45. The lowest BCUT2D eigenvalue weighted by Crippen LogP contribution is -2.30. The van der Waals surface area contributed by atoms with Crippen LogP contribution in [-0.2, 0) is 65.4 Å². The molecule has 6 atom stereocenters. The van der Waals surface area contributed by atoms with E-state index in [0.29, 0.717) is 31.6 Å². The number of phosphoric acid groups is 2. The molecule has 0 bridgehead atoms. The second-order valence-electron chi connectivity index (χ2n) is 30.7. The molecule has 0 rings (SSSR count). The molecule has 0 saturated heterocycles. The Morgan fingerprint density at radius 2 is 0.505 bits per heavy atom. The number of phosphoric ester groups is 2. The fourth-order valence-electron chi connectivity index (χ4n) is 12.6. The van der Waals surface area contributed by atoms with Crippen molar-refractivity contribution in [3.8, 4) is 0 Å². The second kappa shape index (κ2) is 72.3. The molecule has 0 aliphatic heterocycles. The molecule has 0 heterocycles. The summed E-state index contributed by atoms with van der Waals surface area (Å²) in [6.07, 6.45) is 61.4. The number of esters is 4. The molecule has 101 heavy (non-hydrogen) atoms. The SMILES string of the molecule is CCCCCCCCCCCCCCCCCCCCCCCCC(=O)O[C@H](COC(=O)CCCCCCCCCCCCCCCCC(C)CC)COP(=O)(O)OC[C@@H](O)COP(=O)(O)OC[C@@H](COC(=O)CCCCCCCCC(C)C)OC(=O)CCCCCCCCCCCC(C)C. The van der Waals surface area contributed by atoms with Crippen LogP contribution in [0.25, 0.3) is 0 Å². The molecule has 0 fully saturated rings. The van der Waals surface area contributed by atoms with Gasteiger partial charge in [0.05, 0.1) is 26.4 Å². The van der Waals surface area contributed by atoms with Crippen LogP contribution in [0.4, 0.5) is 0 Å². The Morgan fingerprint density at radius 1 is 0.287 bits per heavy atom. The van der Waals surface area contributed by atoms with E-state index in [2.05, 4.69) is 48.5 Å². The van der Waals surface area contributed by atoms with Gasteiger partial charge >= 0.3 is 39.5 Å². The average Bonchev–Trinajstić information content (AvgIpc) is 0.947. The zero-order valence-corrected chi connectivity index (χ0v) is 68.2. The third-order valence-electron chi connectivity index (χ3n) is 19.5. The fourth-order valence-corrected chi connectivity index (χ4v) is 14.2. The monoisotopic (exact) mass is 1480 g/mol. The molecule has 19 heteroatoms. The lowest BCUT2D eigenvalue weighted by molar-refractivity contribution is -0.161. The number of ether oxygens (including phenoxy) is 4. The molecule has 0 aliphatic carbocycles. The van der Waals surface area contributed by atoms with E-state index in [4.69, 9.17) is 37.0 Å². The van der Waals surface area contributed by atoms with Gasteiger partial charge in [-0.2, -0.15) is 0 Å². The molecule has 0 aliphatic rings. The molecule has 17 nitrogen and oxygen atoms in total. The van der Waals surface area contributed by atoms with Gasteiger partial charge in [0.15, 0.2) is 12.2 Å². The number of unbranched alkanes of at least 4 members (excludes halogenated alkanes) is 47. The van der Waals surface area contributed by atoms with Gasteiger partial charge in [0.25, 0.3) is 0 Å². The Balaban J connectivity index is 5.20. The maximum Gasteiger partial charge on any atom is 0.472 e. The predicted molar refractivity (Wildman–Crippen MR) is 414 cm³/mol. The summed E-state index contributed by atoms with van der Waals surface area (Å²) in [5.74, 6) is 0.151. The summed E-state index contributed by atoms with van der Waals surface area (Å²) in [7, 11) is -9.92. The molecule has 0 aromatic rings. The molecule has 3 unspecified atom stereocenters. The van der Waals surface area contributed by atoms with Crippen LogP contribution in [0.15, 0.2) is 0 Å². The minimum Gasteiger partial charge on any atom is -0.462 e. The first kappa shape index (κ1) is 99.1. The van der Waals surface area contributed by atoms with E-state index in [9.17, 15) is 43.2 Å². The quantitative estimate of drug-likeness (QED) is 0.0222. The molecule has 0 aromatic carbocycles. The summed E-state index contributed by atoms with van der Waals surface area (Å²) in [6, 6.07) is 0. The first-order valence-corrected chi connectivity index (χ1v) is 45.4. The largest absolute Gasteiger partial charge is 0.472 e. The Hall–Kier alpha value is -1.94. The van der Waals surface area contributed by atoms with Gasteiger partial charge in [0, 0.05) is 25.7 Å². The van der Waals surface area contributed by atoms with Crippen LogP contribution in [0.5, 0.6) is 0 Å². The van der Waals surface area contributed by atoms with Crippen molar-refractivity contribution in [2.45, 2.75) is 446 Å². The van der Waals surface area contributed by atoms with E-state index in [1.54, 1.807) is 0 Å². The van der Waals surface area contributed by atoms with Crippen LogP contribution < -0.4 is 0 Å². The zero-order valence-electron chi connectivity index (χ0n) is 66.4. The van der Waals surface area contributed by atoms with E-state index >= 15 is 0 Å². The Labute approximate surface area is 619 Å². The predicted octanol–water partition coefficient (Wildman–Crippen LogP) is 24.5. The third-order valence-corrected chi connectivity index (χ3v) is 21.4. The van der Waals surface area contributed by atoms with Gasteiger partial charge < -0.3 is 33.8 Å². The minimum absolute atomic E-state index is 0.104. The van der Waals surface area contributed by atoms with Crippen molar-refractivity contribution in [1.29, 1.82) is 0 Å². The third kappa shape index (κ3) is 74.7. The molecule has 0 aromatic heterocycles. The van der Waals surface area contributed by atoms with E-state index in [1.165, 1.54) is 231 Å². The van der Waals surface area contributed by atoms with Crippen molar-refractivity contribution in [3.63, 3.8) is 0 Å². The standard InChI is InChI=1S/C82H160O17P2/c1-8-10-11-12-13-14-15-16-17-18-19-20-21-22-23-24-29-32-37-42-51-58-65-81(86)98-77(69-92-79(84)63-56-49-41-36-31-28-26-25-27-30-35-40-48-55-62-75(7)9-2)71-96-100(88,89)94-67-76(83)68-95-101(90,91)97-72-78(70-93-80(85)64-57-50-45-44-47-54-61-74(5)6)99-82(87)66-59-52-43-38-33-34-39-46-53-60-73(3)4/h73-78,83H,8-72H2,1-7H3,(H,88,89)(H,90,91)/t75?,76-,77-,78-/m1/s1. The highest BCUT2D eigenvalue weighted by molar-refractivity contribution is 7.47. The summed E-state index contributed by atoms with van der Waals surface area (Å²) in [6.45, 7) is 11.9. The van der Waals surface area contributed by atoms with Crippen molar-refractivity contribution in [3.05, 3.63) is 0 Å². The van der Waals surface area contributed by atoms with Gasteiger partial charge in [-0.25, -0.2) is 9.13 Å². The topological polar surface area (TPSA) is 237 Å². The number of carbonyl (C=O) groups is 4. The lowest BCUT2D eigenvalue weighted by atomic mass is 9.99. The van der Waals surface area contributed by atoms with Gasteiger partial charge in [-0.15, -0.1) is 0 Å². The molecule has 0 spiro atoms. The normalized spacial score (nSPS) is 14.2. The molecule has 0 amide bonds. The van der Waals surface area contributed by atoms with Gasteiger partial charge in [0.1, 0.15) is 19.3 Å². The minimum atomic E-state index is -4.96. The van der Waals surface area contributed by atoms with Crippen LogP contribution in [-0.4, -0.2) is 96.7 Å². The molecule has 600 valence electrons. The van der Waals surface area contributed by atoms with Gasteiger partial charge in [0.2, 0.25) is 0 Å². The van der Waals surface area contributed by atoms with Gasteiger partial charge in [-0.1, -0.05) is 376 Å². The summed E-state index contributed by atoms with van der Waals surface area (Å²) >= 11 is 0. The number of aliphatic hydroxyl groups excluding tert-OH is 1. The van der Waals surface area contributed by atoms with Crippen molar-refractivity contribution in [1.82, 2.24) is 0 Å². The summed E-state index contributed by atoms with van der Waals surface area (Å²) < 4.78 is 68.7. The summed E-state index contributed by atoms with van der Waals surface area (Å²) in [5.41, 5.74) is 0. The number of carbonyl (C=O) groups excluding carboxylic acids is 4. The number of rotatable bonds is 80. The number of hydrogen-bond acceptors (Lipinski definition) is 15. The van der Waals surface area contributed by atoms with Gasteiger partial charge in [-0.3, -0.25) is 37.3 Å². The van der Waals surface area contributed by atoms with Crippen molar-refractivity contribution in [2.24, 2.45) is 17.8 Å². The van der Waals surface area contributed by atoms with Crippen molar-refractivity contribution < 1.29 is 80.2 Å². The van der Waals surface area contributed by atoms with E-state index in [0.717, 1.165) is 108 Å². The molecule has 3 N–H and O–H groups in total. The maximum absolute atomic E-state index is 13.1. The van der Waals surface area contributed by atoms with Crippen LogP contribution in [0.3, 0.4) is 0 Å². The average molecular weight is 1480 g/mol. The molecule has 0 radical (unpaired) electrons. The van der Waals surface area contributed by atoms with Crippen LogP contribution in [0, 0.1) is 17.8 Å². The first-order valence-electron chi connectivity index (χ1n) is 42.4. The van der Waals surface area contributed by atoms with E-state index < -0.39 is 97.5 Å². The van der Waals surface area contributed by atoms with Crippen LogP contribution in [0.2, 0.25) is 0 Å². The van der Waals surface area contributed by atoms with Crippen LogP contribution in [0.1, 0.15) is 427 Å². The zero-order chi connectivity index (χ0) is 74.4. The summed E-state index contributed by atoms with van der Waals surface area (Å²) in [4.78, 5) is 73.0. The Bertz CT molecular complexity index is 1960. The Kier molecular flexibility index (Phi) is 70.9. The van der Waals surface area contributed by atoms with Crippen LogP contribution >= 0.6 is 15.6 Å². The number of hydrogen-bond donors (Lipinski definition) is 3. The van der Waals surface area contributed by atoms with Crippen molar-refractivity contribution in [2.75, 3.05) is 39.6 Å². The van der Waals surface area contributed by atoms with E-state index in [1.807, 2.05) is 0 Å². The summed E-state index contributed by atoms with van der Waals surface area (Å²) in [5, 5.41) is 10.6. The number of aliphatic hydroxyl groups is 1. The fraction of sp³-hybridized carbons (Fsp3) is 0.951. The second-order valence-corrected chi connectivity index (χ2v) is 33.6. The molecule has 0 saturated carbocycles. The highest BCUT2D eigenvalue weighted by atomic mass is 31.2. The molecular weight excluding hydrogens is 1320 g/mol. The maximum atomic E-state index is 13.1. The molecular formula is C82H160O17P2. The van der Waals surface area contributed by atoms with E-state index in [-0.39, 0.29) is 25.7 Å². The van der Waals surface area contributed by atoms with Gasteiger partial charge in [-0.05, 0) is 43.4 Å².